The van der Waals surface area contributed by atoms with Crippen LogP contribution in [-0.2, 0) is 10.0 Å². The summed E-state index contributed by atoms with van der Waals surface area (Å²) in [6, 6.07) is 6.58. The summed E-state index contributed by atoms with van der Waals surface area (Å²) in [6.45, 7) is 3.69. The molecular weight excluding hydrogens is 310 g/mol. The lowest BCUT2D eigenvalue weighted by Crippen LogP contribution is -2.30. The first-order chi connectivity index (χ1) is 9.53. The molecule has 0 aromatic heterocycles. The first-order valence-electron chi connectivity index (χ1n) is 6.42. The van der Waals surface area contributed by atoms with Gasteiger partial charge < -0.3 is 5.32 Å². The summed E-state index contributed by atoms with van der Waals surface area (Å²) in [5.41, 5.74) is 2.14. The van der Waals surface area contributed by atoms with E-state index < -0.39 is 10.0 Å². The minimum absolute atomic E-state index is 0. The van der Waals surface area contributed by atoms with E-state index in [2.05, 4.69) is 10.0 Å². The molecule has 0 radical (unpaired) electrons. The van der Waals surface area contributed by atoms with Crippen LogP contribution in [0.1, 0.15) is 17.5 Å². The molecule has 0 unspecified atom stereocenters. The van der Waals surface area contributed by atoms with E-state index in [1.807, 2.05) is 12.1 Å². The summed E-state index contributed by atoms with van der Waals surface area (Å²) in [4.78, 5) is 0.228. The monoisotopic (exact) mass is 327 g/mol. The molecule has 2 N–H and O–H groups in total. The van der Waals surface area contributed by atoms with Crippen molar-refractivity contribution in [3.63, 3.8) is 0 Å². The molecule has 0 spiro atoms. The Morgan fingerprint density at radius 3 is 2.76 bits per heavy atom. The van der Waals surface area contributed by atoms with Gasteiger partial charge in [-0.1, -0.05) is 11.6 Å². The lowest BCUT2D eigenvalue weighted by molar-refractivity contribution is 0.581. The van der Waals surface area contributed by atoms with Crippen molar-refractivity contribution in [1.29, 1.82) is 5.26 Å². The molecule has 1 aromatic rings. The van der Waals surface area contributed by atoms with Crippen LogP contribution in [0.5, 0.6) is 0 Å². The number of aryl methyl sites for hydroxylation is 1. The maximum atomic E-state index is 12.3. The van der Waals surface area contributed by atoms with Crippen LogP contribution in [0, 0.1) is 18.3 Å². The average Bonchev–Trinajstić information content (AvgIpc) is 2.46. The van der Waals surface area contributed by atoms with Crippen molar-refractivity contribution in [1.82, 2.24) is 10.0 Å². The summed E-state index contributed by atoms with van der Waals surface area (Å²) in [6.07, 6.45) is 2.87. The predicted molar refractivity (Wildman–Crippen MR) is 83.9 cm³/mol. The van der Waals surface area contributed by atoms with Gasteiger partial charge in [-0.25, -0.2) is 13.1 Å². The number of sulfonamides is 1. The van der Waals surface area contributed by atoms with E-state index in [4.69, 9.17) is 5.26 Å². The maximum absolute atomic E-state index is 12.3. The number of hydrogen-bond donors (Lipinski definition) is 2. The topological polar surface area (TPSA) is 82.0 Å². The van der Waals surface area contributed by atoms with Crippen LogP contribution in [0.4, 0.5) is 0 Å². The Bertz CT molecular complexity index is 678. The lowest BCUT2D eigenvalue weighted by Gasteiger charge is -2.15. The van der Waals surface area contributed by atoms with E-state index >= 15 is 0 Å². The first kappa shape index (κ1) is 17.7. The van der Waals surface area contributed by atoms with Crippen LogP contribution >= 0.6 is 12.4 Å². The van der Waals surface area contributed by atoms with Gasteiger partial charge in [0.25, 0.3) is 0 Å². The maximum Gasteiger partial charge on any atom is 0.241 e. The Hall–Kier alpha value is -1.39. The molecule has 0 fully saturated rings. The zero-order chi connectivity index (χ0) is 14.6. The summed E-state index contributed by atoms with van der Waals surface area (Å²) in [5.74, 6) is 0. The Morgan fingerprint density at radius 1 is 1.43 bits per heavy atom. The van der Waals surface area contributed by atoms with E-state index in [9.17, 15) is 8.42 Å². The van der Waals surface area contributed by atoms with Crippen molar-refractivity contribution in [3.05, 3.63) is 41.0 Å². The molecule has 1 aliphatic heterocycles. The summed E-state index contributed by atoms with van der Waals surface area (Å²) >= 11 is 0. The second kappa shape index (κ2) is 7.57. The highest BCUT2D eigenvalue weighted by molar-refractivity contribution is 7.89. The molecule has 0 bridgehead atoms. The molecule has 1 heterocycles. The van der Waals surface area contributed by atoms with Crippen LogP contribution in [0.25, 0.3) is 0 Å². The van der Waals surface area contributed by atoms with Crippen molar-refractivity contribution >= 4 is 22.4 Å². The molecule has 0 saturated heterocycles. The fourth-order valence-corrected chi connectivity index (χ4v) is 3.38. The van der Waals surface area contributed by atoms with Gasteiger partial charge in [-0.3, -0.25) is 0 Å². The molecule has 0 saturated carbocycles. The number of nitrogens with zero attached hydrogens (tertiary/aromatic N) is 1. The zero-order valence-corrected chi connectivity index (χ0v) is 13.4. The van der Waals surface area contributed by atoms with Gasteiger partial charge in [0, 0.05) is 13.1 Å². The standard InChI is InChI=1S/C14H17N3O2S.ClH/c1-11-8-13(9-15)2-3-14(11)20(18,19)17-10-12-4-6-16-7-5-12;/h2-4,8,16-17H,5-7,10H2,1H3;1H. The molecule has 0 atom stereocenters. The highest BCUT2D eigenvalue weighted by atomic mass is 35.5. The van der Waals surface area contributed by atoms with Crippen LogP contribution < -0.4 is 10.0 Å². The quantitative estimate of drug-likeness (QED) is 0.821. The van der Waals surface area contributed by atoms with Gasteiger partial charge in [0.2, 0.25) is 10.0 Å². The fourth-order valence-electron chi connectivity index (χ4n) is 2.12. The zero-order valence-electron chi connectivity index (χ0n) is 11.7. The molecule has 2 rings (SSSR count). The molecule has 7 heteroatoms. The molecule has 1 aromatic carbocycles. The number of halogens is 1. The van der Waals surface area contributed by atoms with Gasteiger partial charge >= 0.3 is 0 Å². The lowest BCUT2D eigenvalue weighted by atomic mass is 10.1. The van der Waals surface area contributed by atoms with Gasteiger partial charge in [-0.2, -0.15) is 5.26 Å². The van der Waals surface area contributed by atoms with Gasteiger partial charge in [0.1, 0.15) is 0 Å². The van der Waals surface area contributed by atoms with Gasteiger partial charge in [0.05, 0.1) is 16.5 Å². The van der Waals surface area contributed by atoms with E-state index in [1.165, 1.54) is 12.1 Å². The molecule has 21 heavy (non-hydrogen) atoms. The Kier molecular flexibility index (Phi) is 6.37. The average molecular weight is 328 g/mol. The molecule has 5 nitrogen and oxygen atoms in total. The van der Waals surface area contributed by atoms with E-state index in [1.54, 1.807) is 13.0 Å². The number of rotatable bonds is 4. The second-order valence-electron chi connectivity index (χ2n) is 4.73. The number of nitriles is 1. The molecule has 1 aliphatic rings. The van der Waals surface area contributed by atoms with Crippen molar-refractivity contribution in [2.24, 2.45) is 0 Å². The minimum Gasteiger partial charge on any atom is -0.313 e. The SMILES string of the molecule is Cc1cc(C#N)ccc1S(=O)(=O)NCC1=CCNCC1.Cl. The largest absolute Gasteiger partial charge is 0.313 e. The Labute approximate surface area is 131 Å². The fraction of sp³-hybridized carbons (Fsp3) is 0.357. The molecule has 0 amide bonds. The predicted octanol–water partition coefficient (Wildman–Crippen LogP) is 1.49. The van der Waals surface area contributed by atoms with Crippen LogP contribution in [0.3, 0.4) is 0 Å². The van der Waals surface area contributed by atoms with Gasteiger partial charge in [0.15, 0.2) is 0 Å². The summed E-state index contributed by atoms with van der Waals surface area (Å²) in [7, 11) is -3.54. The highest BCUT2D eigenvalue weighted by Gasteiger charge is 2.17. The first-order valence-corrected chi connectivity index (χ1v) is 7.90. The number of hydrogen-bond acceptors (Lipinski definition) is 4. The van der Waals surface area contributed by atoms with E-state index in [0.717, 1.165) is 25.1 Å². The van der Waals surface area contributed by atoms with Crippen LogP contribution in [-0.4, -0.2) is 28.1 Å². The summed E-state index contributed by atoms with van der Waals surface area (Å²) in [5, 5.41) is 12.0. The molecule has 114 valence electrons. The smallest absolute Gasteiger partial charge is 0.241 e. The Morgan fingerprint density at radius 2 is 2.19 bits per heavy atom. The third kappa shape index (κ3) is 4.55. The third-order valence-electron chi connectivity index (χ3n) is 3.24. The molecule has 0 aliphatic carbocycles. The minimum atomic E-state index is -3.54. The summed E-state index contributed by atoms with van der Waals surface area (Å²) < 4.78 is 27.1. The normalized spacial score (nSPS) is 14.8. The van der Waals surface area contributed by atoms with Crippen molar-refractivity contribution in [3.8, 4) is 6.07 Å². The van der Waals surface area contributed by atoms with Crippen molar-refractivity contribution < 1.29 is 8.42 Å². The van der Waals surface area contributed by atoms with E-state index in [-0.39, 0.29) is 17.3 Å². The number of nitrogens with one attached hydrogen (secondary N) is 2. The van der Waals surface area contributed by atoms with E-state index in [0.29, 0.717) is 17.7 Å². The van der Waals surface area contributed by atoms with Crippen molar-refractivity contribution in [2.75, 3.05) is 19.6 Å². The Balaban J connectivity index is 0.00000220. The third-order valence-corrected chi connectivity index (χ3v) is 4.80. The van der Waals surface area contributed by atoms with Crippen molar-refractivity contribution in [2.45, 2.75) is 18.2 Å². The second-order valence-corrected chi connectivity index (χ2v) is 6.47. The van der Waals surface area contributed by atoms with Crippen LogP contribution in [0.2, 0.25) is 0 Å². The van der Waals surface area contributed by atoms with Gasteiger partial charge in [-0.05, 0) is 43.7 Å². The molecular formula is C14H18ClN3O2S. The highest BCUT2D eigenvalue weighted by Crippen LogP contribution is 2.16. The van der Waals surface area contributed by atoms with Crippen LogP contribution in [0.15, 0.2) is 34.7 Å². The number of benzene rings is 1. The van der Waals surface area contributed by atoms with Gasteiger partial charge in [-0.15, -0.1) is 12.4 Å².